The van der Waals surface area contributed by atoms with Gasteiger partial charge in [0, 0.05) is 6.04 Å². The highest BCUT2D eigenvalue weighted by atomic mass is 16.4. The first kappa shape index (κ1) is 10.6. The Morgan fingerprint density at radius 1 is 1.50 bits per heavy atom. The van der Waals surface area contributed by atoms with E-state index in [2.05, 4.69) is 5.92 Å². The monoisotopic (exact) mass is 215 g/mol. The second kappa shape index (κ2) is 4.28. The lowest BCUT2D eigenvalue weighted by Gasteiger charge is -2.23. The highest BCUT2D eigenvalue weighted by Gasteiger charge is 2.30. The molecule has 1 saturated carbocycles. The predicted molar refractivity (Wildman–Crippen MR) is 62.6 cm³/mol. The first-order valence-corrected chi connectivity index (χ1v) is 5.26. The number of nitrogens with zero attached hydrogens (tertiary/aromatic N) is 1. The van der Waals surface area contributed by atoms with Crippen molar-refractivity contribution in [2.75, 3.05) is 11.4 Å². The third kappa shape index (κ3) is 2.01. The third-order valence-corrected chi connectivity index (χ3v) is 2.69. The van der Waals surface area contributed by atoms with Crippen molar-refractivity contribution in [2.45, 2.75) is 18.9 Å². The molecule has 0 bridgehead atoms. The van der Waals surface area contributed by atoms with Gasteiger partial charge in [0.2, 0.25) is 0 Å². The predicted octanol–water partition coefficient (Wildman–Crippen LogP) is 1.99. The second-order valence-corrected chi connectivity index (χ2v) is 3.89. The minimum absolute atomic E-state index is 0.324. The molecule has 0 aromatic heterocycles. The molecule has 1 aromatic carbocycles. The Balaban J connectivity index is 2.36. The standard InChI is InChI=1S/C13H13NO2/c1-2-9-14(10-7-8-10)12-6-4-3-5-11(12)13(15)16/h1,3-6,10H,7-9H2,(H,15,16). The van der Waals surface area contributed by atoms with Crippen molar-refractivity contribution in [1.29, 1.82) is 0 Å². The number of terminal acetylenes is 1. The highest BCUT2D eigenvalue weighted by molar-refractivity contribution is 5.94. The van der Waals surface area contributed by atoms with Gasteiger partial charge in [-0.15, -0.1) is 6.42 Å². The van der Waals surface area contributed by atoms with E-state index in [1.165, 1.54) is 0 Å². The molecule has 0 spiro atoms. The third-order valence-electron chi connectivity index (χ3n) is 2.69. The molecule has 1 fully saturated rings. The van der Waals surface area contributed by atoms with E-state index in [0.29, 0.717) is 18.2 Å². The van der Waals surface area contributed by atoms with Gasteiger partial charge in [0.05, 0.1) is 17.8 Å². The summed E-state index contributed by atoms with van der Waals surface area (Å²) in [6, 6.07) is 7.42. The van der Waals surface area contributed by atoms with Crippen molar-refractivity contribution >= 4 is 11.7 Å². The van der Waals surface area contributed by atoms with Crippen LogP contribution in [0.3, 0.4) is 0 Å². The number of rotatable bonds is 4. The SMILES string of the molecule is C#CCN(c1ccccc1C(=O)O)C1CC1. The van der Waals surface area contributed by atoms with Crippen LogP contribution < -0.4 is 4.90 Å². The Hall–Kier alpha value is -1.95. The Labute approximate surface area is 94.7 Å². The quantitative estimate of drug-likeness (QED) is 0.781. The summed E-state index contributed by atoms with van der Waals surface area (Å²) in [5.41, 5.74) is 1.06. The van der Waals surface area contributed by atoms with Gasteiger partial charge in [-0.05, 0) is 25.0 Å². The average molecular weight is 215 g/mol. The van der Waals surface area contributed by atoms with E-state index in [1.54, 1.807) is 12.1 Å². The molecule has 16 heavy (non-hydrogen) atoms. The molecule has 3 nitrogen and oxygen atoms in total. The van der Waals surface area contributed by atoms with Gasteiger partial charge in [0.1, 0.15) is 0 Å². The van der Waals surface area contributed by atoms with Crippen molar-refractivity contribution < 1.29 is 9.90 Å². The number of hydrogen-bond acceptors (Lipinski definition) is 2. The number of benzene rings is 1. The number of carbonyl (C=O) groups is 1. The largest absolute Gasteiger partial charge is 0.478 e. The summed E-state index contributed by atoms with van der Waals surface area (Å²) in [5.74, 6) is 1.68. The lowest BCUT2D eigenvalue weighted by Crippen LogP contribution is -2.27. The fourth-order valence-corrected chi connectivity index (χ4v) is 1.80. The van der Waals surface area contributed by atoms with Gasteiger partial charge in [0.25, 0.3) is 0 Å². The van der Waals surface area contributed by atoms with Crippen molar-refractivity contribution in [3.8, 4) is 12.3 Å². The van der Waals surface area contributed by atoms with E-state index >= 15 is 0 Å². The van der Waals surface area contributed by atoms with Gasteiger partial charge in [-0.2, -0.15) is 0 Å². The van der Waals surface area contributed by atoms with Crippen LogP contribution in [0.5, 0.6) is 0 Å². The molecule has 1 aliphatic carbocycles. The molecule has 0 amide bonds. The molecule has 3 heteroatoms. The van der Waals surface area contributed by atoms with Crippen LogP contribution in [0.2, 0.25) is 0 Å². The first-order chi connectivity index (χ1) is 7.74. The Morgan fingerprint density at radius 2 is 2.19 bits per heavy atom. The number of carboxylic acids is 1. The molecule has 1 aliphatic rings. The molecule has 2 rings (SSSR count). The number of carboxylic acid groups (broad SMARTS) is 1. The van der Waals surface area contributed by atoms with Crippen molar-refractivity contribution in [3.05, 3.63) is 29.8 Å². The Kier molecular flexibility index (Phi) is 2.82. The summed E-state index contributed by atoms with van der Waals surface area (Å²) in [7, 11) is 0. The molecule has 0 unspecified atom stereocenters. The molecule has 82 valence electrons. The zero-order chi connectivity index (χ0) is 11.5. The highest BCUT2D eigenvalue weighted by Crippen LogP contribution is 2.33. The molecule has 0 aliphatic heterocycles. The summed E-state index contributed by atoms with van der Waals surface area (Å²) >= 11 is 0. The minimum atomic E-state index is -0.904. The van der Waals surface area contributed by atoms with Crippen LogP contribution in [0.1, 0.15) is 23.2 Å². The maximum absolute atomic E-state index is 11.1. The van der Waals surface area contributed by atoms with Gasteiger partial charge in [0.15, 0.2) is 0 Å². The van der Waals surface area contributed by atoms with Crippen LogP contribution in [0.15, 0.2) is 24.3 Å². The van der Waals surface area contributed by atoms with Crippen LogP contribution in [0.4, 0.5) is 5.69 Å². The summed E-state index contributed by atoms with van der Waals surface area (Å²) in [6.45, 7) is 0.467. The van der Waals surface area contributed by atoms with Crippen molar-refractivity contribution in [1.82, 2.24) is 0 Å². The van der Waals surface area contributed by atoms with Crippen LogP contribution in [0, 0.1) is 12.3 Å². The number of para-hydroxylation sites is 1. The molecule has 1 N–H and O–H groups in total. The first-order valence-electron chi connectivity index (χ1n) is 5.26. The number of hydrogen-bond donors (Lipinski definition) is 1. The van der Waals surface area contributed by atoms with Crippen LogP contribution in [-0.4, -0.2) is 23.7 Å². The smallest absolute Gasteiger partial charge is 0.337 e. The zero-order valence-corrected chi connectivity index (χ0v) is 8.89. The van der Waals surface area contributed by atoms with Crippen LogP contribution >= 0.6 is 0 Å². The lowest BCUT2D eigenvalue weighted by atomic mass is 10.1. The van der Waals surface area contributed by atoms with E-state index in [4.69, 9.17) is 11.5 Å². The maximum atomic E-state index is 11.1. The van der Waals surface area contributed by atoms with Crippen LogP contribution in [-0.2, 0) is 0 Å². The Morgan fingerprint density at radius 3 is 2.75 bits per heavy atom. The fourth-order valence-electron chi connectivity index (χ4n) is 1.80. The van der Waals surface area contributed by atoms with Gasteiger partial charge in [-0.3, -0.25) is 0 Å². The van der Waals surface area contributed by atoms with Gasteiger partial charge < -0.3 is 10.0 Å². The molecular formula is C13H13NO2. The Bertz CT molecular complexity index is 443. The summed E-state index contributed by atoms with van der Waals surface area (Å²) < 4.78 is 0. The van der Waals surface area contributed by atoms with Gasteiger partial charge in [-0.1, -0.05) is 18.1 Å². The van der Waals surface area contributed by atoms with Crippen molar-refractivity contribution in [3.63, 3.8) is 0 Å². The molecule has 0 radical (unpaired) electrons. The molecule has 0 heterocycles. The molecule has 1 aromatic rings. The van der Waals surface area contributed by atoms with E-state index in [1.807, 2.05) is 17.0 Å². The van der Waals surface area contributed by atoms with Crippen LogP contribution in [0.25, 0.3) is 0 Å². The van der Waals surface area contributed by atoms with Gasteiger partial charge >= 0.3 is 5.97 Å². The average Bonchev–Trinajstić information content (AvgIpc) is 3.10. The topological polar surface area (TPSA) is 40.5 Å². The summed E-state index contributed by atoms with van der Waals surface area (Å²) in [5, 5.41) is 9.11. The second-order valence-electron chi connectivity index (χ2n) is 3.89. The van der Waals surface area contributed by atoms with Gasteiger partial charge in [-0.25, -0.2) is 4.79 Å². The van der Waals surface area contributed by atoms with E-state index in [-0.39, 0.29) is 0 Å². The van der Waals surface area contributed by atoms with E-state index < -0.39 is 5.97 Å². The van der Waals surface area contributed by atoms with Crippen molar-refractivity contribution in [2.24, 2.45) is 0 Å². The van der Waals surface area contributed by atoms with E-state index in [9.17, 15) is 4.79 Å². The lowest BCUT2D eigenvalue weighted by molar-refractivity contribution is 0.0697. The normalized spacial score (nSPS) is 14.2. The minimum Gasteiger partial charge on any atom is -0.478 e. The summed E-state index contributed by atoms with van der Waals surface area (Å²) in [6.07, 6.45) is 7.51. The maximum Gasteiger partial charge on any atom is 0.337 e. The zero-order valence-electron chi connectivity index (χ0n) is 8.89. The molecule has 0 atom stereocenters. The summed E-state index contributed by atoms with van der Waals surface area (Å²) in [4.78, 5) is 13.1. The number of anilines is 1. The molecule has 0 saturated heterocycles. The fraction of sp³-hybridized carbons (Fsp3) is 0.308. The molecular weight excluding hydrogens is 202 g/mol. The number of aromatic carboxylic acids is 1. The van der Waals surface area contributed by atoms with E-state index in [0.717, 1.165) is 18.5 Å².